The predicted molar refractivity (Wildman–Crippen MR) is 114 cm³/mol. The maximum absolute atomic E-state index is 13.1. The Balaban J connectivity index is 1.89. The van der Waals surface area contributed by atoms with Gasteiger partial charge in [0.1, 0.15) is 6.54 Å². The molecule has 0 spiro atoms. The molecule has 1 aliphatic rings. The topological polar surface area (TPSA) is 57.7 Å². The van der Waals surface area contributed by atoms with Crippen LogP contribution < -0.4 is 9.21 Å². The van der Waals surface area contributed by atoms with E-state index in [1.54, 1.807) is 17.0 Å². The zero-order valence-electron chi connectivity index (χ0n) is 17.1. The fourth-order valence-electron chi connectivity index (χ4n) is 3.67. The van der Waals surface area contributed by atoms with Crippen LogP contribution in [-0.4, -0.2) is 33.2 Å². The predicted octanol–water partition coefficient (Wildman–Crippen LogP) is 3.73. The van der Waals surface area contributed by atoms with E-state index in [2.05, 4.69) is 20.8 Å². The molecule has 2 aromatic carbocycles. The van der Waals surface area contributed by atoms with Gasteiger partial charge in [-0.2, -0.15) is 0 Å². The van der Waals surface area contributed by atoms with E-state index in [0.717, 1.165) is 29.5 Å². The molecule has 5 nitrogen and oxygen atoms in total. The molecule has 0 aliphatic carbocycles. The molecule has 6 heteroatoms. The van der Waals surface area contributed by atoms with Crippen LogP contribution in [-0.2, 0) is 26.7 Å². The van der Waals surface area contributed by atoms with E-state index in [1.807, 2.05) is 43.3 Å². The molecule has 150 valence electrons. The Labute approximate surface area is 168 Å². The van der Waals surface area contributed by atoms with Gasteiger partial charge >= 0.3 is 0 Å². The highest BCUT2D eigenvalue weighted by atomic mass is 32.2. The fourth-order valence-corrected chi connectivity index (χ4v) is 4.52. The Hall–Kier alpha value is -2.34. The van der Waals surface area contributed by atoms with Crippen LogP contribution in [0.5, 0.6) is 0 Å². The van der Waals surface area contributed by atoms with Crippen molar-refractivity contribution in [1.82, 2.24) is 0 Å². The van der Waals surface area contributed by atoms with Crippen LogP contribution in [0.15, 0.2) is 48.5 Å². The highest BCUT2D eigenvalue weighted by molar-refractivity contribution is 7.92. The smallest absolute Gasteiger partial charge is 0.248 e. The zero-order valence-corrected chi connectivity index (χ0v) is 18.0. The van der Waals surface area contributed by atoms with Gasteiger partial charge in [0, 0.05) is 11.7 Å². The lowest BCUT2D eigenvalue weighted by atomic mass is 9.87. The summed E-state index contributed by atoms with van der Waals surface area (Å²) in [5.41, 5.74) is 3.57. The molecule has 1 aliphatic heterocycles. The fraction of sp³-hybridized carbons (Fsp3) is 0.409. The van der Waals surface area contributed by atoms with Gasteiger partial charge in [0.05, 0.1) is 11.9 Å². The van der Waals surface area contributed by atoms with E-state index in [-0.39, 0.29) is 23.9 Å². The van der Waals surface area contributed by atoms with Crippen molar-refractivity contribution in [3.05, 3.63) is 59.7 Å². The van der Waals surface area contributed by atoms with Gasteiger partial charge in [-0.25, -0.2) is 8.42 Å². The minimum Gasteiger partial charge on any atom is -0.307 e. The highest BCUT2D eigenvalue weighted by Gasteiger charge is 2.33. The minimum atomic E-state index is -3.60. The number of para-hydroxylation sites is 1. The van der Waals surface area contributed by atoms with E-state index >= 15 is 0 Å². The number of fused-ring (bicyclic) bond motifs is 1. The monoisotopic (exact) mass is 400 g/mol. The molecule has 0 saturated carbocycles. The molecular formula is C22H28N2O3S. The van der Waals surface area contributed by atoms with Crippen molar-refractivity contribution in [2.24, 2.45) is 0 Å². The summed E-state index contributed by atoms with van der Waals surface area (Å²) in [6.07, 6.45) is 1.92. The molecule has 0 unspecified atom stereocenters. The lowest BCUT2D eigenvalue weighted by molar-refractivity contribution is -0.117. The molecule has 2 aromatic rings. The number of sulfonamides is 1. The molecule has 3 rings (SSSR count). The molecule has 1 amide bonds. The van der Waals surface area contributed by atoms with Crippen molar-refractivity contribution in [2.75, 3.05) is 22.0 Å². The van der Waals surface area contributed by atoms with Gasteiger partial charge in [0.15, 0.2) is 0 Å². The summed E-state index contributed by atoms with van der Waals surface area (Å²) in [4.78, 5) is 14.8. The third-order valence-corrected chi connectivity index (χ3v) is 6.32. The van der Waals surface area contributed by atoms with E-state index in [0.29, 0.717) is 5.69 Å². The third-order valence-electron chi connectivity index (χ3n) is 5.18. The summed E-state index contributed by atoms with van der Waals surface area (Å²) in [6.45, 7) is 8.08. The summed E-state index contributed by atoms with van der Waals surface area (Å²) < 4.78 is 26.1. The molecule has 0 bridgehead atoms. The number of nitrogens with zero attached hydrogens (tertiary/aromatic N) is 2. The first-order chi connectivity index (χ1) is 13.0. The Morgan fingerprint density at radius 2 is 1.71 bits per heavy atom. The number of benzene rings is 2. The summed E-state index contributed by atoms with van der Waals surface area (Å²) >= 11 is 0. The number of amides is 1. The minimum absolute atomic E-state index is 0.00887. The van der Waals surface area contributed by atoms with Gasteiger partial charge in [-0.1, -0.05) is 51.1 Å². The number of carbonyl (C=O) groups is 1. The van der Waals surface area contributed by atoms with Gasteiger partial charge in [-0.15, -0.1) is 0 Å². The Kier molecular flexibility index (Phi) is 5.28. The number of hydrogen-bond acceptors (Lipinski definition) is 3. The summed E-state index contributed by atoms with van der Waals surface area (Å²) in [6, 6.07) is 15.2. The SMILES string of the molecule is C[C@H]1Cc2ccccc2N1C(=O)CN(c1ccc(C(C)(C)C)cc1)S(C)(=O)=O. The van der Waals surface area contributed by atoms with Crippen molar-refractivity contribution in [2.45, 2.75) is 45.6 Å². The molecule has 0 saturated heterocycles. The first kappa shape index (κ1) is 20.4. The molecule has 0 N–H and O–H groups in total. The quantitative estimate of drug-likeness (QED) is 0.786. The molecule has 1 heterocycles. The van der Waals surface area contributed by atoms with Gasteiger partial charge in [0.25, 0.3) is 0 Å². The van der Waals surface area contributed by atoms with E-state index < -0.39 is 10.0 Å². The molecule has 0 fully saturated rings. The van der Waals surface area contributed by atoms with Crippen molar-refractivity contribution in [3.8, 4) is 0 Å². The zero-order chi connectivity index (χ0) is 20.7. The van der Waals surface area contributed by atoms with Gasteiger partial charge < -0.3 is 4.90 Å². The molecule has 0 radical (unpaired) electrons. The largest absolute Gasteiger partial charge is 0.307 e. The lowest BCUT2D eigenvalue weighted by Gasteiger charge is -2.28. The Morgan fingerprint density at radius 1 is 1.11 bits per heavy atom. The number of rotatable bonds is 4. The Morgan fingerprint density at radius 3 is 2.29 bits per heavy atom. The van der Waals surface area contributed by atoms with Crippen molar-refractivity contribution in [3.63, 3.8) is 0 Å². The normalized spacial score (nSPS) is 16.8. The summed E-state index contributed by atoms with van der Waals surface area (Å²) in [7, 11) is -3.60. The molecule has 0 aromatic heterocycles. The second kappa shape index (κ2) is 7.24. The number of anilines is 2. The highest BCUT2D eigenvalue weighted by Crippen LogP contribution is 2.32. The molecule has 1 atom stereocenters. The summed E-state index contributed by atoms with van der Waals surface area (Å²) in [5.74, 6) is -0.220. The average molecular weight is 401 g/mol. The second-order valence-electron chi connectivity index (χ2n) is 8.51. The first-order valence-electron chi connectivity index (χ1n) is 9.46. The van der Waals surface area contributed by atoms with Crippen LogP contribution in [0, 0.1) is 0 Å². The number of hydrogen-bond donors (Lipinski definition) is 0. The van der Waals surface area contributed by atoms with Crippen molar-refractivity contribution >= 4 is 27.3 Å². The van der Waals surface area contributed by atoms with Crippen LogP contribution in [0.1, 0.15) is 38.8 Å². The van der Waals surface area contributed by atoms with Gasteiger partial charge in [-0.3, -0.25) is 9.10 Å². The maximum atomic E-state index is 13.1. The van der Waals surface area contributed by atoms with Crippen LogP contribution >= 0.6 is 0 Å². The second-order valence-corrected chi connectivity index (χ2v) is 10.4. The van der Waals surface area contributed by atoms with E-state index in [1.165, 1.54) is 4.31 Å². The standard InChI is InChI=1S/C22H28N2O3S/c1-16-14-17-8-6-7-9-20(17)24(16)21(25)15-23(28(5,26)27)19-12-10-18(11-13-19)22(2,3)4/h6-13,16H,14-15H2,1-5H3/t16-/m0/s1. The van der Waals surface area contributed by atoms with Gasteiger partial charge in [-0.05, 0) is 48.1 Å². The molecular weight excluding hydrogens is 372 g/mol. The van der Waals surface area contributed by atoms with Crippen molar-refractivity contribution in [1.29, 1.82) is 0 Å². The lowest BCUT2D eigenvalue weighted by Crippen LogP contribution is -2.45. The van der Waals surface area contributed by atoms with Gasteiger partial charge in [0.2, 0.25) is 15.9 Å². The maximum Gasteiger partial charge on any atom is 0.248 e. The Bertz CT molecular complexity index is 976. The van der Waals surface area contributed by atoms with Crippen LogP contribution in [0.25, 0.3) is 0 Å². The summed E-state index contributed by atoms with van der Waals surface area (Å²) in [5, 5.41) is 0. The van der Waals surface area contributed by atoms with Crippen LogP contribution in [0.3, 0.4) is 0 Å². The van der Waals surface area contributed by atoms with E-state index in [4.69, 9.17) is 0 Å². The third kappa shape index (κ3) is 4.07. The van der Waals surface area contributed by atoms with Crippen molar-refractivity contribution < 1.29 is 13.2 Å². The molecule has 28 heavy (non-hydrogen) atoms. The van der Waals surface area contributed by atoms with Crippen LogP contribution in [0.2, 0.25) is 0 Å². The first-order valence-corrected chi connectivity index (χ1v) is 11.3. The number of carbonyl (C=O) groups excluding carboxylic acids is 1. The van der Waals surface area contributed by atoms with Crippen LogP contribution in [0.4, 0.5) is 11.4 Å². The van der Waals surface area contributed by atoms with E-state index in [9.17, 15) is 13.2 Å². The average Bonchev–Trinajstić information content (AvgIpc) is 2.93.